The largest absolute Gasteiger partial charge is 0.480 e. The van der Waals surface area contributed by atoms with Crippen LogP contribution in [-0.4, -0.2) is 23.1 Å². The van der Waals surface area contributed by atoms with E-state index in [1.54, 1.807) is 25.1 Å². The maximum absolute atomic E-state index is 11.8. The average Bonchev–Trinajstić information content (AvgIpc) is 2.38. The van der Waals surface area contributed by atoms with Crippen LogP contribution in [0.5, 0.6) is 0 Å². The Balaban J connectivity index is 2.73. The summed E-state index contributed by atoms with van der Waals surface area (Å²) in [5.41, 5.74) is 0.417. The summed E-state index contributed by atoms with van der Waals surface area (Å²) in [6.45, 7) is 3.64. The highest BCUT2D eigenvalue weighted by Crippen LogP contribution is 2.25. The van der Waals surface area contributed by atoms with E-state index in [2.05, 4.69) is 26.6 Å². The fourth-order valence-electron chi connectivity index (χ4n) is 1.57. The molecule has 1 aromatic carbocycles. The summed E-state index contributed by atoms with van der Waals surface area (Å²) in [5, 5.41) is 14.4. The van der Waals surface area contributed by atoms with E-state index in [1.165, 1.54) is 0 Å². The first-order chi connectivity index (χ1) is 9.35. The number of hydrogen-bond acceptors (Lipinski definition) is 2. The Hall–Kier alpha value is -1.27. The van der Waals surface area contributed by atoms with E-state index in [4.69, 9.17) is 16.7 Å². The molecular weight excluding hydrogens is 348 g/mol. The Morgan fingerprint density at radius 3 is 2.60 bits per heavy atom. The molecule has 5 nitrogen and oxygen atoms in total. The van der Waals surface area contributed by atoms with Crippen molar-refractivity contribution in [2.24, 2.45) is 5.92 Å². The molecule has 0 heterocycles. The van der Waals surface area contributed by atoms with E-state index in [-0.39, 0.29) is 5.92 Å². The smallest absolute Gasteiger partial charge is 0.326 e. The fourth-order valence-corrected chi connectivity index (χ4v) is 2.29. The van der Waals surface area contributed by atoms with Crippen molar-refractivity contribution in [3.8, 4) is 0 Å². The summed E-state index contributed by atoms with van der Waals surface area (Å²) in [7, 11) is 0. The van der Waals surface area contributed by atoms with Gasteiger partial charge in [0.15, 0.2) is 0 Å². The molecule has 1 aromatic rings. The number of amides is 2. The van der Waals surface area contributed by atoms with E-state index in [0.29, 0.717) is 17.1 Å². The Labute approximate surface area is 130 Å². The van der Waals surface area contributed by atoms with Gasteiger partial charge in [-0.1, -0.05) is 47.8 Å². The van der Waals surface area contributed by atoms with Crippen LogP contribution in [0.4, 0.5) is 10.5 Å². The summed E-state index contributed by atoms with van der Waals surface area (Å²) >= 11 is 9.23. The normalized spacial score (nSPS) is 13.4. The topological polar surface area (TPSA) is 78.4 Å². The fraction of sp³-hybridized carbons (Fsp3) is 0.385. The molecule has 2 amide bonds. The third-order valence-electron chi connectivity index (χ3n) is 2.94. The predicted octanol–water partition coefficient (Wildman–Crippen LogP) is 3.72. The van der Waals surface area contributed by atoms with Gasteiger partial charge in [-0.2, -0.15) is 0 Å². The number of urea groups is 1. The Morgan fingerprint density at radius 1 is 1.45 bits per heavy atom. The number of aliphatic carboxylic acids is 1. The van der Waals surface area contributed by atoms with Gasteiger partial charge in [-0.05, 0) is 24.1 Å². The van der Waals surface area contributed by atoms with Crippen molar-refractivity contribution in [1.29, 1.82) is 0 Å². The maximum atomic E-state index is 11.8. The first kappa shape index (κ1) is 16.8. The standard InChI is InChI=1S/C13H16BrClN2O3/c1-3-7(2)11(12(18)19)17-13(20)16-10-5-4-8(14)6-9(10)15/h4-7,11H,3H2,1-2H3,(H,18,19)(H2,16,17,20). The summed E-state index contributed by atoms with van der Waals surface area (Å²) in [5.74, 6) is -1.23. The predicted molar refractivity (Wildman–Crippen MR) is 82.2 cm³/mol. The Kier molecular flexibility index (Phi) is 6.29. The van der Waals surface area contributed by atoms with Crippen molar-refractivity contribution in [3.05, 3.63) is 27.7 Å². The molecule has 0 aliphatic heterocycles. The minimum absolute atomic E-state index is 0.168. The van der Waals surface area contributed by atoms with E-state index in [1.807, 2.05) is 6.92 Å². The van der Waals surface area contributed by atoms with Gasteiger partial charge in [0.05, 0.1) is 10.7 Å². The molecule has 0 aliphatic carbocycles. The van der Waals surface area contributed by atoms with Crippen molar-refractivity contribution in [2.75, 3.05) is 5.32 Å². The number of benzene rings is 1. The SMILES string of the molecule is CCC(C)C(NC(=O)Nc1ccc(Br)cc1Cl)C(=O)O. The maximum Gasteiger partial charge on any atom is 0.326 e. The lowest BCUT2D eigenvalue weighted by molar-refractivity contribution is -0.140. The second-order valence-electron chi connectivity index (χ2n) is 4.42. The van der Waals surface area contributed by atoms with Gasteiger partial charge < -0.3 is 15.7 Å². The molecule has 0 radical (unpaired) electrons. The van der Waals surface area contributed by atoms with Gasteiger partial charge in [-0.3, -0.25) is 0 Å². The van der Waals surface area contributed by atoms with Gasteiger partial charge in [0, 0.05) is 4.47 Å². The number of carbonyl (C=O) groups is 2. The summed E-state index contributed by atoms with van der Waals surface area (Å²) in [6.07, 6.45) is 0.649. The number of carboxylic acid groups (broad SMARTS) is 1. The number of hydrogen-bond donors (Lipinski definition) is 3. The van der Waals surface area contributed by atoms with Gasteiger partial charge in [-0.25, -0.2) is 9.59 Å². The highest BCUT2D eigenvalue weighted by Gasteiger charge is 2.25. The van der Waals surface area contributed by atoms with E-state index in [0.717, 1.165) is 4.47 Å². The Bertz CT molecular complexity index is 510. The van der Waals surface area contributed by atoms with Crippen LogP contribution in [0, 0.1) is 5.92 Å². The van der Waals surface area contributed by atoms with Crippen LogP contribution in [0.15, 0.2) is 22.7 Å². The van der Waals surface area contributed by atoms with Crippen LogP contribution >= 0.6 is 27.5 Å². The Morgan fingerprint density at radius 2 is 2.10 bits per heavy atom. The lowest BCUT2D eigenvalue weighted by Gasteiger charge is -2.20. The summed E-state index contributed by atoms with van der Waals surface area (Å²) in [6, 6.07) is 3.47. The van der Waals surface area contributed by atoms with E-state index < -0.39 is 18.0 Å². The molecule has 110 valence electrons. The quantitative estimate of drug-likeness (QED) is 0.746. The summed E-state index contributed by atoms with van der Waals surface area (Å²) < 4.78 is 0.788. The van der Waals surface area contributed by atoms with Gasteiger partial charge >= 0.3 is 12.0 Å². The number of rotatable bonds is 5. The molecule has 0 saturated heterocycles. The number of halogens is 2. The second-order valence-corrected chi connectivity index (χ2v) is 5.75. The molecule has 2 atom stereocenters. The molecule has 7 heteroatoms. The first-order valence-electron chi connectivity index (χ1n) is 6.10. The van der Waals surface area contributed by atoms with Gasteiger partial charge in [-0.15, -0.1) is 0 Å². The molecule has 0 fully saturated rings. The van der Waals surface area contributed by atoms with Crippen molar-refractivity contribution < 1.29 is 14.7 Å². The molecule has 1 rings (SSSR count). The van der Waals surface area contributed by atoms with Gasteiger partial charge in [0.2, 0.25) is 0 Å². The van der Waals surface area contributed by atoms with Crippen LogP contribution in [0.3, 0.4) is 0 Å². The molecule has 0 saturated carbocycles. The van der Waals surface area contributed by atoms with E-state index in [9.17, 15) is 9.59 Å². The lowest BCUT2D eigenvalue weighted by atomic mass is 9.99. The molecule has 0 bridgehead atoms. The molecule has 20 heavy (non-hydrogen) atoms. The van der Waals surface area contributed by atoms with Crippen molar-refractivity contribution in [3.63, 3.8) is 0 Å². The highest BCUT2D eigenvalue weighted by atomic mass is 79.9. The zero-order valence-corrected chi connectivity index (χ0v) is 13.5. The van der Waals surface area contributed by atoms with Crippen molar-refractivity contribution >= 4 is 45.2 Å². The molecule has 0 aliphatic rings. The third-order valence-corrected chi connectivity index (χ3v) is 3.75. The highest BCUT2D eigenvalue weighted by molar-refractivity contribution is 9.10. The number of carbonyl (C=O) groups excluding carboxylic acids is 1. The molecule has 0 spiro atoms. The van der Waals surface area contributed by atoms with Crippen LogP contribution in [0.25, 0.3) is 0 Å². The van der Waals surface area contributed by atoms with Crippen LogP contribution in [-0.2, 0) is 4.79 Å². The monoisotopic (exact) mass is 362 g/mol. The number of nitrogens with one attached hydrogen (secondary N) is 2. The van der Waals surface area contributed by atoms with Gasteiger partial charge in [0.1, 0.15) is 6.04 Å². The first-order valence-corrected chi connectivity index (χ1v) is 7.27. The molecule has 3 N–H and O–H groups in total. The third kappa shape index (κ3) is 4.68. The second kappa shape index (κ2) is 7.50. The zero-order valence-electron chi connectivity index (χ0n) is 11.1. The molecule has 2 unspecified atom stereocenters. The number of anilines is 1. The minimum Gasteiger partial charge on any atom is -0.480 e. The van der Waals surface area contributed by atoms with Crippen LogP contribution in [0.2, 0.25) is 5.02 Å². The van der Waals surface area contributed by atoms with E-state index >= 15 is 0 Å². The van der Waals surface area contributed by atoms with Crippen LogP contribution in [0.1, 0.15) is 20.3 Å². The minimum atomic E-state index is -1.06. The average molecular weight is 364 g/mol. The molecule has 0 aromatic heterocycles. The van der Waals surface area contributed by atoms with Crippen LogP contribution < -0.4 is 10.6 Å². The number of carboxylic acids is 1. The zero-order chi connectivity index (χ0) is 15.3. The summed E-state index contributed by atoms with van der Waals surface area (Å²) in [4.78, 5) is 23.0. The van der Waals surface area contributed by atoms with Crippen molar-refractivity contribution in [2.45, 2.75) is 26.3 Å². The molecular formula is C13H16BrClN2O3. The van der Waals surface area contributed by atoms with Crippen molar-refractivity contribution in [1.82, 2.24) is 5.32 Å². The van der Waals surface area contributed by atoms with Gasteiger partial charge in [0.25, 0.3) is 0 Å². The lowest BCUT2D eigenvalue weighted by Crippen LogP contribution is -2.46.